The summed E-state index contributed by atoms with van der Waals surface area (Å²) in [5, 5.41) is 0. The fourth-order valence-electron chi connectivity index (χ4n) is 3.12. The Kier molecular flexibility index (Phi) is 4.39. The lowest BCUT2D eigenvalue weighted by molar-refractivity contribution is 0.415. The number of rotatable bonds is 7. The molecule has 0 amide bonds. The second-order valence-electron chi connectivity index (χ2n) is 5.93. The van der Waals surface area contributed by atoms with Crippen LogP contribution in [0.1, 0.15) is 44.5 Å². The van der Waals surface area contributed by atoms with Gasteiger partial charge in [-0.3, -0.25) is 0 Å². The molecule has 0 saturated heterocycles. The predicted molar refractivity (Wildman–Crippen MR) is 87.4 cm³/mol. The molecular weight excluding hydrogens is 284 g/mol. The first-order chi connectivity index (χ1) is 10.3. The van der Waals surface area contributed by atoms with Gasteiger partial charge >= 0.3 is 0 Å². The molecule has 1 heterocycles. The first-order valence-corrected chi connectivity index (χ1v) is 8.41. The SMILES string of the molecule is CCC(CC1CC1)n1c(CCCl)nc2cc(OC)ccc21. The van der Waals surface area contributed by atoms with E-state index in [2.05, 4.69) is 17.6 Å². The molecule has 1 atom stereocenters. The molecule has 4 heteroatoms. The van der Waals surface area contributed by atoms with Gasteiger partial charge in [0.2, 0.25) is 0 Å². The molecule has 0 radical (unpaired) electrons. The Labute approximate surface area is 131 Å². The molecule has 3 rings (SSSR count). The molecule has 1 unspecified atom stereocenters. The second-order valence-corrected chi connectivity index (χ2v) is 6.31. The van der Waals surface area contributed by atoms with Gasteiger partial charge in [0, 0.05) is 24.4 Å². The van der Waals surface area contributed by atoms with Crippen molar-refractivity contribution < 1.29 is 4.74 Å². The molecule has 1 saturated carbocycles. The maximum atomic E-state index is 5.98. The van der Waals surface area contributed by atoms with E-state index < -0.39 is 0 Å². The van der Waals surface area contributed by atoms with Crippen molar-refractivity contribution >= 4 is 22.6 Å². The number of ether oxygens (including phenoxy) is 1. The number of imidazole rings is 1. The van der Waals surface area contributed by atoms with Crippen LogP contribution >= 0.6 is 11.6 Å². The van der Waals surface area contributed by atoms with Crippen molar-refractivity contribution in [3.05, 3.63) is 24.0 Å². The van der Waals surface area contributed by atoms with E-state index in [1.54, 1.807) is 7.11 Å². The van der Waals surface area contributed by atoms with Crippen LogP contribution in [0, 0.1) is 5.92 Å². The molecule has 1 aliphatic carbocycles. The smallest absolute Gasteiger partial charge is 0.121 e. The lowest BCUT2D eigenvalue weighted by Gasteiger charge is -2.20. The van der Waals surface area contributed by atoms with Crippen LogP contribution in [-0.2, 0) is 6.42 Å². The third-order valence-electron chi connectivity index (χ3n) is 4.43. The molecule has 0 spiro atoms. The zero-order chi connectivity index (χ0) is 14.8. The van der Waals surface area contributed by atoms with Crippen LogP contribution in [0.3, 0.4) is 0 Å². The number of nitrogens with zero attached hydrogens (tertiary/aromatic N) is 2. The summed E-state index contributed by atoms with van der Waals surface area (Å²) in [6.07, 6.45) is 6.01. The maximum absolute atomic E-state index is 5.98. The monoisotopic (exact) mass is 306 g/mol. The Morgan fingerprint density at radius 3 is 2.86 bits per heavy atom. The van der Waals surface area contributed by atoms with E-state index >= 15 is 0 Å². The van der Waals surface area contributed by atoms with Gasteiger partial charge in [-0.2, -0.15) is 0 Å². The molecule has 114 valence electrons. The fourth-order valence-corrected chi connectivity index (χ4v) is 3.29. The number of hydrogen-bond donors (Lipinski definition) is 0. The summed E-state index contributed by atoms with van der Waals surface area (Å²) in [4.78, 5) is 4.81. The van der Waals surface area contributed by atoms with E-state index in [-0.39, 0.29) is 0 Å². The van der Waals surface area contributed by atoms with Crippen LogP contribution in [0.4, 0.5) is 0 Å². The zero-order valence-corrected chi connectivity index (χ0v) is 13.6. The first-order valence-electron chi connectivity index (χ1n) is 7.87. The van der Waals surface area contributed by atoms with Crippen LogP contribution in [0.15, 0.2) is 18.2 Å². The molecule has 1 aliphatic rings. The van der Waals surface area contributed by atoms with Gasteiger partial charge in [-0.05, 0) is 30.9 Å². The van der Waals surface area contributed by atoms with Crippen molar-refractivity contribution in [1.29, 1.82) is 0 Å². The third-order valence-corrected chi connectivity index (χ3v) is 4.62. The Balaban J connectivity index is 2.05. The average Bonchev–Trinajstić information content (AvgIpc) is 3.25. The summed E-state index contributed by atoms with van der Waals surface area (Å²) < 4.78 is 7.74. The Morgan fingerprint density at radius 1 is 1.43 bits per heavy atom. The summed E-state index contributed by atoms with van der Waals surface area (Å²) in [6, 6.07) is 6.71. The van der Waals surface area contributed by atoms with Gasteiger partial charge in [0.15, 0.2) is 0 Å². The molecule has 1 aromatic heterocycles. The van der Waals surface area contributed by atoms with Gasteiger partial charge in [0.25, 0.3) is 0 Å². The standard InChI is InChI=1S/C17H23ClN2O/c1-3-13(10-12-4-5-12)20-16-7-6-14(21-2)11-15(16)19-17(20)8-9-18/h6-7,11-13H,3-5,8-10H2,1-2H3. The van der Waals surface area contributed by atoms with Gasteiger partial charge in [0.1, 0.15) is 11.6 Å². The van der Waals surface area contributed by atoms with Gasteiger partial charge in [-0.25, -0.2) is 4.98 Å². The molecule has 0 N–H and O–H groups in total. The largest absolute Gasteiger partial charge is 0.497 e. The van der Waals surface area contributed by atoms with Crippen LogP contribution in [0.5, 0.6) is 5.75 Å². The van der Waals surface area contributed by atoms with Crippen molar-refractivity contribution in [1.82, 2.24) is 9.55 Å². The van der Waals surface area contributed by atoms with E-state index in [0.29, 0.717) is 11.9 Å². The van der Waals surface area contributed by atoms with Crippen molar-refractivity contribution in [3.8, 4) is 5.75 Å². The summed E-state index contributed by atoms with van der Waals surface area (Å²) in [5.74, 6) is 3.50. The van der Waals surface area contributed by atoms with E-state index in [0.717, 1.165) is 35.9 Å². The summed E-state index contributed by atoms with van der Waals surface area (Å²) in [7, 11) is 1.69. The lowest BCUT2D eigenvalue weighted by Crippen LogP contribution is -2.13. The number of hydrogen-bond acceptors (Lipinski definition) is 2. The van der Waals surface area contributed by atoms with E-state index in [4.69, 9.17) is 21.3 Å². The van der Waals surface area contributed by atoms with Crippen LogP contribution in [0.25, 0.3) is 11.0 Å². The highest BCUT2D eigenvalue weighted by atomic mass is 35.5. The third kappa shape index (κ3) is 3.03. The minimum atomic E-state index is 0.536. The highest BCUT2D eigenvalue weighted by Crippen LogP contribution is 2.39. The van der Waals surface area contributed by atoms with Crippen LogP contribution in [-0.4, -0.2) is 22.5 Å². The quantitative estimate of drug-likeness (QED) is 0.700. The number of halogens is 1. The minimum Gasteiger partial charge on any atom is -0.497 e. The zero-order valence-electron chi connectivity index (χ0n) is 12.8. The molecule has 3 nitrogen and oxygen atoms in total. The Bertz CT molecular complexity index is 619. The van der Waals surface area contributed by atoms with Crippen LogP contribution < -0.4 is 4.74 Å². The Hall–Kier alpha value is -1.22. The van der Waals surface area contributed by atoms with Crippen molar-refractivity contribution in [3.63, 3.8) is 0 Å². The van der Waals surface area contributed by atoms with E-state index in [9.17, 15) is 0 Å². The highest BCUT2D eigenvalue weighted by molar-refractivity contribution is 6.17. The second kappa shape index (κ2) is 6.27. The van der Waals surface area contributed by atoms with Gasteiger partial charge < -0.3 is 9.30 Å². The molecule has 0 aliphatic heterocycles. The number of fused-ring (bicyclic) bond motifs is 1. The number of aryl methyl sites for hydroxylation is 1. The number of benzene rings is 1. The van der Waals surface area contributed by atoms with Gasteiger partial charge in [0.05, 0.1) is 18.1 Å². The number of methoxy groups -OCH3 is 1. The molecule has 21 heavy (non-hydrogen) atoms. The van der Waals surface area contributed by atoms with Crippen molar-refractivity contribution in [2.75, 3.05) is 13.0 Å². The fraction of sp³-hybridized carbons (Fsp3) is 0.588. The van der Waals surface area contributed by atoms with Crippen molar-refractivity contribution in [2.24, 2.45) is 5.92 Å². The maximum Gasteiger partial charge on any atom is 0.121 e. The molecule has 1 aromatic carbocycles. The van der Waals surface area contributed by atoms with Crippen LogP contribution in [0.2, 0.25) is 0 Å². The van der Waals surface area contributed by atoms with Gasteiger partial charge in [-0.1, -0.05) is 19.8 Å². The summed E-state index contributed by atoms with van der Waals surface area (Å²) in [5.41, 5.74) is 2.23. The predicted octanol–water partition coefficient (Wildman–Crippen LogP) is 4.58. The van der Waals surface area contributed by atoms with E-state index in [1.807, 2.05) is 12.1 Å². The summed E-state index contributed by atoms with van der Waals surface area (Å²) >= 11 is 5.98. The Morgan fingerprint density at radius 2 is 2.24 bits per heavy atom. The first kappa shape index (κ1) is 14.7. The number of alkyl halides is 1. The van der Waals surface area contributed by atoms with Gasteiger partial charge in [-0.15, -0.1) is 11.6 Å². The minimum absolute atomic E-state index is 0.536. The summed E-state index contributed by atoms with van der Waals surface area (Å²) in [6.45, 7) is 2.27. The lowest BCUT2D eigenvalue weighted by atomic mass is 10.1. The normalized spacial score (nSPS) is 16.3. The molecular formula is C17H23ClN2O. The highest BCUT2D eigenvalue weighted by Gasteiger charge is 2.27. The molecule has 2 aromatic rings. The topological polar surface area (TPSA) is 27.1 Å². The number of aromatic nitrogens is 2. The molecule has 1 fully saturated rings. The molecule has 0 bridgehead atoms. The van der Waals surface area contributed by atoms with E-state index in [1.165, 1.54) is 24.8 Å². The average molecular weight is 307 g/mol. The van der Waals surface area contributed by atoms with Crippen molar-refractivity contribution in [2.45, 2.75) is 45.1 Å².